The Morgan fingerprint density at radius 3 is 1.82 bits per heavy atom. The molecule has 3 nitrogen and oxygen atoms in total. The zero-order valence-electron chi connectivity index (χ0n) is 25.5. The van der Waals surface area contributed by atoms with E-state index in [0.717, 1.165) is 50.1 Å². The van der Waals surface area contributed by atoms with Crippen molar-refractivity contribution in [1.82, 2.24) is 9.80 Å². The summed E-state index contributed by atoms with van der Waals surface area (Å²) in [5.41, 5.74) is 0.0224. The van der Waals surface area contributed by atoms with Crippen molar-refractivity contribution in [2.24, 2.45) is 5.92 Å². The normalized spacial score (nSPS) is 23.8. The number of carbonyl (C=O) groups is 1. The monoisotopic (exact) mass is 742 g/mol. The van der Waals surface area contributed by atoms with Gasteiger partial charge in [-0.25, -0.2) is 0 Å². The van der Waals surface area contributed by atoms with Crippen LogP contribution in [0.2, 0.25) is 0 Å². The molecule has 0 spiro atoms. The van der Waals surface area contributed by atoms with E-state index in [4.69, 9.17) is 0 Å². The van der Waals surface area contributed by atoms with E-state index in [1.165, 1.54) is 28.0 Å². The van der Waals surface area contributed by atoms with Crippen LogP contribution < -0.4 is 15.9 Å². The first-order valence-corrected chi connectivity index (χ1v) is 19.3. The molecule has 0 radical (unpaired) electrons. The Hall–Kier alpha value is -2.90. The van der Waals surface area contributed by atoms with Crippen molar-refractivity contribution in [3.8, 4) is 0 Å². The summed E-state index contributed by atoms with van der Waals surface area (Å²) in [5, 5.41) is 4.35. The first kappa shape index (κ1) is 32.1. The number of hydrogen-bond acceptors (Lipinski definition) is 1. The third-order valence-corrected chi connectivity index (χ3v) is 19.1. The quantitative estimate of drug-likeness (QED) is 0.0770. The van der Waals surface area contributed by atoms with Crippen molar-refractivity contribution in [3.05, 3.63) is 126 Å². The van der Waals surface area contributed by atoms with E-state index in [0.29, 0.717) is 24.6 Å². The second-order valence-corrected chi connectivity index (χ2v) is 20.2. The van der Waals surface area contributed by atoms with Gasteiger partial charge in [0, 0.05) is 0 Å². The van der Waals surface area contributed by atoms with E-state index in [1.54, 1.807) is 4.90 Å². The number of halogens is 4. The molecule has 45 heavy (non-hydrogen) atoms. The maximum atomic E-state index is 13.4. The van der Waals surface area contributed by atoms with Gasteiger partial charge in [0.15, 0.2) is 0 Å². The molecule has 4 aromatic carbocycles. The average Bonchev–Trinajstić information content (AvgIpc) is 3.28. The average molecular weight is 743 g/mol. The minimum absolute atomic E-state index is 0.0783. The molecule has 0 saturated carbocycles. The fourth-order valence-corrected chi connectivity index (χ4v) is 16.4. The zero-order valence-corrected chi connectivity index (χ0v) is 28.5. The Morgan fingerprint density at radius 1 is 0.822 bits per heavy atom. The van der Waals surface area contributed by atoms with Crippen molar-refractivity contribution in [3.63, 3.8) is 0 Å². The van der Waals surface area contributed by atoms with Crippen LogP contribution in [0.3, 0.4) is 0 Å². The van der Waals surface area contributed by atoms with Gasteiger partial charge in [-0.05, 0) is 0 Å². The molecule has 2 aliphatic heterocycles. The SMILES string of the molecule is CN1C(=O)N(Cc2ccc(C(F)(F)F)cc2)CC1(I)CCC1CCCP(c2ccccc2)(c2ccccc2)(c2ccccc2)C1. The van der Waals surface area contributed by atoms with Gasteiger partial charge < -0.3 is 0 Å². The van der Waals surface area contributed by atoms with Gasteiger partial charge in [0.25, 0.3) is 0 Å². The molecule has 236 valence electrons. The molecule has 2 aliphatic rings. The van der Waals surface area contributed by atoms with Gasteiger partial charge in [-0.3, -0.25) is 0 Å². The molecule has 2 unspecified atom stereocenters. The summed E-state index contributed by atoms with van der Waals surface area (Å²) in [6, 6.07) is 38.6. The Balaban J connectivity index is 1.27. The molecule has 2 saturated heterocycles. The van der Waals surface area contributed by atoms with Crippen LogP contribution in [-0.2, 0) is 12.7 Å². The van der Waals surface area contributed by atoms with Gasteiger partial charge in [-0.1, -0.05) is 0 Å². The molecule has 8 heteroatoms. The van der Waals surface area contributed by atoms with Crippen molar-refractivity contribution in [2.75, 3.05) is 25.9 Å². The number of benzene rings is 4. The number of amides is 2. The number of nitrogens with zero attached hydrogens (tertiary/aromatic N) is 2. The van der Waals surface area contributed by atoms with Gasteiger partial charge >= 0.3 is 266 Å². The van der Waals surface area contributed by atoms with E-state index in [9.17, 15) is 18.0 Å². The summed E-state index contributed by atoms with van der Waals surface area (Å²) < 4.78 is 38.8. The van der Waals surface area contributed by atoms with Crippen LogP contribution in [0.15, 0.2) is 115 Å². The van der Waals surface area contributed by atoms with Crippen LogP contribution in [0.25, 0.3) is 0 Å². The number of urea groups is 1. The van der Waals surface area contributed by atoms with Crippen LogP contribution >= 0.6 is 29.2 Å². The number of hydrogen-bond donors (Lipinski definition) is 0. The van der Waals surface area contributed by atoms with E-state index in [1.807, 2.05) is 11.9 Å². The molecule has 4 aromatic rings. The van der Waals surface area contributed by atoms with Crippen molar-refractivity contribution < 1.29 is 18.0 Å². The molecular formula is C37H39F3IN2OP. The molecule has 2 atom stereocenters. The van der Waals surface area contributed by atoms with Crippen LogP contribution in [0, 0.1) is 5.92 Å². The third-order valence-electron chi connectivity index (χ3n) is 10.2. The molecule has 0 aromatic heterocycles. The zero-order chi connectivity index (χ0) is 31.7. The van der Waals surface area contributed by atoms with Gasteiger partial charge in [0.05, 0.1) is 0 Å². The first-order valence-electron chi connectivity index (χ1n) is 15.6. The van der Waals surface area contributed by atoms with Crippen molar-refractivity contribution in [1.29, 1.82) is 0 Å². The summed E-state index contributed by atoms with van der Waals surface area (Å²) in [7, 11) is 1.86. The summed E-state index contributed by atoms with van der Waals surface area (Å²) in [6.07, 6.45) is 2.03. The fraction of sp³-hybridized carbons (Fsp3) is 0.324. The van der Waals surface area contributed by atoms with Gasteiger partial charge in [-0.15, -0.1) is 0 Å². The van der Waals surface area contributed by atoms with Crippen molar-refractivity contribution >= 4 is 51.1 Å². The van der Waals surface area contributed by atoms with E-state index in [2.05, 4.69) is 114 Å². The molecular weight excluding hydrogens is 703 g/mol. The second-order valence-electron chi connectivity index (χ2n) is 12.8. The molecule has 2 heterocycles. The number of rotatable bonds is 8. The standard InChI is InChI=1S/C37H39F3IN2OP/c1-42-35(44)43(26-29-19-21-31(22-20-29)37(38,39)40)28-36(42,41)24-23-30-12-11-25-45(27-30,32-13-5-2-6-14-32,33-15-7-3-8-16-33)34-17-9-4-10-18-34/h2-10,13-22,30H,11-12,23-28H2,1H3. The Kier molecular flexibility index (Phi) is 8.81. The topological polar surface area (TPSA) is 23.6 Å². The predicted molar refractivity (Wildman–Crippen MR) is 189 cm³/mol. The van der Waals surface area contributed by atoms with E-state index in [-0.39, 0.29) is 9.58 Å². The minimum atomic E-state index is -4.38. The summed E-state index contributed by atoms with van der Waals surface area (Å²) in [5.74, 6) is 0.483. The molecule has 2 amide bonds. The Morgan fingerprint density at radius 2 is 1.33 bits per heavy atom. The Labute approximate surface area is 277 Å². The van der Waals surface area contributed by atoms with Crippen molar-refractivity contribution in [2.45, 2.75) is 41.9 Å². The summed E-state index contributed by atoms with van der Waals surface area (Å²) >= 11 is 2.45. The van der Waals surface area contributed by atoms with Gasteiger partial charge in [0.2, 0.25) is 0 Å². The van der Waals surface area contributed by atoms with Gasteiger partial charge in [0.1, 0.15) is 0 Å². The Bertz CT molecular complexity index is 1520. The number of alkyl halides is 4. The van der Waals surface area contributed by atoms with Crippen LogP contribution in [0.1, 0.15) is 36.8 Å². The summed E-state index contributed by atoms with van der Waals surface area (Å²) in [4.78, 5) is 17.0. The van der Waals surface area contributed by atoms with E-state index < -0.39 is 18.3 Å². The van der Waals surface area contributed by atoms with Gasteiger partial charge in [-0.2, -0.15) is 13.2 Å². The maximum absolute atomic E-state index is 13.4. The van der Waals surface area contributed by atoms with Crippen LogP contribution in [-0.4, -0.2) is 45.3 Å². The number of carbonyl (C=O) groups excluding carboxylic acids is 1. The fourth-order valence-electron chi connectivity index (χ4n) is 7.90. The molecule has 0 aliphatic carbocycles. The van der Waals surface area contributed by atoms with E-state index >= 15 is 0 Å². The first-order chi connectivity index (χ1) is 21.5. The third kappa shape index (κ3) is 5.80. The molecule has 0 N–H and O–H groups in total. The van der Waals surface area contributed by atoms with Crippen LogP contribution in [0.5, 0.6) is 0 Å². The molecule has 0 bridgehead atoms. The second kappa shape index (κ2) is 12.4. The summed E-state index contributed by atoms with van der Waals surface area (Å²) in [6.45, 7) is -2.00. The molecule has 6 rings (SSSR count). The van der Waals surface area contributed by atoms with Crippen LogP contribution in [0.4, 0.5) is 18.0 Å². The predicted octanol–water partition coefficient (Wildman–Crippen LogP) is 8.42. The number of likely N-dealkylation sites (N-methyl/N-ethyl adjacent to an activating group) is 1. The molecule has 2 fully saturated rings.